The summed E-state index contributed by atoms with van der Waals surface area (Å²) in [4.78, 5) is 12.8. The summed E-state index contributed by atoms with van der Waals surface area (Å²) in [5.74, 6) is -0.898. The summed E-state index contributed by atoms with van der Waals surface area (Å²) < 4.78 is 67.3. The van der Waals surface area contributed by atoms with Gasteiger partial charge < -0.3 is 5.32 Å². The second-order valence-electron chi connectivity index (χ2n) is 8.94. The van der Waals surface area contributed by atoms with Gasteiger partial charge in [-0.1, -0.05) is 29.8 Å². The Morgan fingerprint density at radius 1 is 0.875 bits per heavy atom. The lowest BCUT2D eigenvalue weighted by Crippen LogP contribution is -2.29. The molecule has 0 saturated heterocycles. The summed E-state index contributed by atoms with van der Waals surface area (Å²) >= 11 is 6.07. The average Bonchev–Trinajstić information content (AvgIpc) is 2.90. The number of carbonyl (C=O) groups is 1. The molecule has 4 rings (SSSR count). The van der Waals surface area contributed by atoms with Crippen molar-refractivity contribution in [3.8, 4) is 0 Å². The maximum Gasteiger partial charge on any atom is 0.261 e. The van der Waals surface area contributed by atoms with Crippen molar-refractivity contribution >= 4 is 54.6 Å². The molecule has 0 aliphatic rings. The zero-order valence-electron chi connectivity index (χ0n) is 21.4. The predicted molar refractivity (Wildman–Crippen MR) is 155 cm³/mol. The van der Waals surface area contributed by atoms with Crippen LogP contribution in [0, 0.1) is 12.7 Å². The molecule has 4 aromatic rings. The number of benzene rings is 4. The lowest BCUT2D eigenvalue weighted by molar-refractivity contribution is 0.102. The third kappa shape index (κ3) is 6.98. The number of amides is 1. The summed E-state index contributed by atoms with van der Waals surface area (Å²) in [6.07, 6.45) is 1.06. The molecule has 0 radical (unpaired) electrons. The number of carbonyl (C=O) groups excluding carboxylic acids is 1. The highest BCUT2D eigenvalue weighted by Gasteiger charge is 2.19. The first-order valence-electron chi connectivity index (χ1n) is 11.8. The van der Waals surface area contributed by atoms with Gasteiger partial charge in [-0.05, 0) is 90.8 Å². The van der Waals surface area contributed by atoms with Crippen molar-refractivity contribution in [3.63, 3.8) is 0 Å². The van der Waals surface area contributed by atoms with Crippen LogP contribution in [0.3, 0.4) is 0 Å². The molecule has 0 saturated carbocycles. The van der Waals surface area contributed by atoms with Gasteiger partial charge in [-0.2, -0.15) is 0 Å². The Balaban J connectivity index is 1.45. The number of nitrogens with one attached hydrogen (secondary N) is 2. The van der Waals surface area contributed by atoms with Crippen molar-refractivity contribution in [3.05, 3.63) is 119 Å². The van der Waals surface area contributed by atoms with Gasteiger partial charge in [-0.25, -0.2) is 21.2 Å². The van der Waals surface area contributed by atoms with E-state index in [9.17, 15) is 26.0 Å². The van der Waals surface area contributed by atoms with E-state index in [0.717, 1.165) is 10.6 Å². The maximum atomic E-state index is 13.2. The number of rotatable bonds is 9. The minimum absolute atomic E-state index is 0.00347. The number of halogens is 2. The zero-order chi connectivity index (χ0) is 29.1. The monoisotopic (exact) mass is 601 g/mol. The van der Waals surface area contributed by atoms with Crippen molar-refractivity contribution in [1.29, 1.82) is 0 Å². The topological polar surface area (TPSA) is 113 Å². The van der Waals surface area contributed by atoms with E-state index >= 15 is 0 Å². The van der Waals surface area contributed by atoms with Gasteiger partial charge in [0.15, 0.2) is 0 Å². The highest BCUT2D eigenvalue weighted by Crippen LogP contribution is 2.26. The van der Waals surface area contributed by atoms with E-state index in [1.165, 1.54) is 72.8 Å². The molecule has 0 fully saturated rings. The van der Waals surface area contributed by atoms with E-state index in [-0.39, 0.29) is 17.0 Å². The van der Waals surface area contributed by atoms with Gasteiger partial charge in [-0.3, -0.25) is 13.8 Å². The van der Waals surface area contributed by atoms with Crippen molar-refractivity contribution in [2.45, 2.75) is 18.4 Å². The molecule has 0 bridgehead atoms. The Labute approximate surface area is 237 Å². The van der Waals surface area contributed by atoms with Gasteiger partial charge in [0, 0.05) is 16.3 Å². The van der Waals surface area contributed by atoms with E-state index in [2.05, 4.69) is 10.0 Å². The SMILES string of the molecule is Cc1c(Cl)cccc1NS(=O)(=O)c1ccc(NC(=O)c2ccc(N(Cc3ccc(F)cc3)S(C)(=O)=O)cc2)cc1. The molecule has 8 nitrogen and oxygen atoms in total. The third-order valence-corrected chi connectivity index (χ3v) is 8.92. The zero-order valence-corrected chi connectivity index (χ0v) is 23.8. The molecule has 0 unspecified atom stereocenters. The van der Waals surface area contributed by atoms with Gasteiger partial charge in [0.05, 0.1) is 29.1 Å². The highest BCUT2D eigenvalue weighted by molar-refractivity contribution is 7.92. The van der Waals surface area contributed by atoms with E-state index in [1.54, 1.807) is 25.1 Å². The van der Waals surface area contributed by atoms with Crippen LogP contribution in [0.2, 0.25) is 5.02 Å². The van der Waals surface area contributed by atoms with E-state index in [4.69, 9.17) is 11.6 Å². The van der Waals surface area contributed by atoms with Crippen LogP contribution >= 0.6 is 11.6 Å². The fourth-order valence-corrected chi connectivity index (χ4v) is 5.96. The molecule has 4 aromatic carbocycles. The minimum Gasteiger partial charge on any atom is -0.322 e. The molecule has 12 heteroatoms. The van der Waals surface area contributed by atoms with Gasteiger partial charge in [0.25, 0.3) is 15.9 Å². The highest BCUT2D eigenvalue weighted by atomic mass is 35.5. The lowest BCUT2D eigenvalue weighted by atomic mass is 10.1. The predicted octanol–water partition coefficient (Wildman–Crippen LogP) is 5.81. The summed E-state index contributed by atoms with van der Waals surface area (Å²) in [6.45, 7) is 1.70. The molecular weight excluding hydrogens is 577 g/mol. The summed E-state index contributed by atoms with van der Waals surface area (Å²) in [5, 5.41) is 3.12. The molecule has 208 valence electrons. The molecule has 0 aromatic heterocycles. The van der Waals surface area contributed by atoms with Crippen molar-refractivity contribution in [2.24, 2.45) is 0 Å². The first kappa shape index (κ1) is 29.1. The Morgan fingerprint density at radius 2 is 1.50 bits per heavy atom. The van der Waals surface area contributed by atoms with E-state index in [1.807, 2.05) is 0 Å². The number of sulfonamides is 2. The Bertz CT molecular complexity index is 1750. The molecule has 0 aliphatic heterocycles. The minimum atomic E-state index is -3.89. The maximum absolute atomic E-state index is 13.2. The second kappa shape index (κ2) is 11.7. The molecule has 40 heavy (non-hydrogen) atoms. The van der Waals surface area contributed by atoms with Crippen LogP contribution < -0.4 is 14.3 Å². The Kier molecular flexibility index (Phi) is 8.48. The molecule has 1 amide bonds. The van der Waals surface area contributed by atoms with Crippen molar-refractivity contribution < 1.29 is 26.0 Å². The standard InChI is InChI=1S/C28H25ClFN3O5S2/c1-19-26(29)4-3-5-27(19)32-40(37,38)25-16-12-23(13-17-25)31-28(34)21-8-14-24(15-9-21)33(39(2,35)36)18-20-6-10-22(30)11-7-20/h3-17,32H,18H2,1-2H3,(H,31,34). The molecule has 0 atom stereocenters. The Morgan fingerprint density at radius 3 is 2.10 bits per heavy atom. The van der Waals surface area contributed by atoms with Gasteiger partial charge in [0.1, 0.15) is 5.82 Å². The van der Waals surface area contributed by atoms with Crippen LogP contribution in [-0.2, 0) is 26.6 Å². The van der Waals surface area contributed by atoms with Crippen LogP contribution in [0.1, 0.15) is 21.5 Å². The first-order chi connectivity index (χ1) is 18.8. The molecular formula is C28H25ClFN3O5S2. The molecule has 0 aliphatic carbocycles. The molecule has 0 heterocycles. The number of hydrogen-bond acceptors (Lipinski definition) is 5. The normalized spacial score (nSPS) is 11.6. The summed E-state index contributed by atoms with van der Waals surface area (Å²) in [6, 6.07) is 22.0. The van der Waals surface area contributed by atoms with Gasteiger partial charge >= 0.3 is 0 Å². The van der Waals surface area contributed by atoms with Crippen LogP contribution in [-0.4, -0.2) is 29.0 Å². The van der Waals surface area contributed by atoms with E-state index in [0.29, 0.717) is 33.2 Å². The van der Waals surface area contributed by atoms with Crippen LogP contribution in [0.5, 0.6) is 0 Å². The van der Waals surface area contributed by atoms with Gasteiger partial charge in [-0.15, -0.1) is 0 Å². The average molecular weight is 602 g/mol. The second-order valence-corrected chi connectivity index (χ2v) is 12.9. The fraction of sp³-hybridized carbons (Fsp3) is 0.107. The lowest BCUT2D eigenvalue weighted by Gasteiger charge is -2.22. The van der Waals surface area contributed by atoms with Gasteiger partial charge in [0.2, 0.25) is 10.0 Å². The first-order valence-corrected chi connectivity index (χ1v) is 15.6. The smallest absolute Gasteiger partial charge is 0.261 e. The Hall–Kier alpha value is -3.93. The number of anilines is 3. The fourth-order valence-electron chi connectivity index (χ4n) is 3.78. The van der Waals surface area contributed by atoms with Crippen LogP contribution in [0.4, 0.5) is 21.5 Å². The number of nitrogens with zero attached hydrogens (tertiary/aromatic N) is 1. The summed E-state index contributed by atoms with van der Waals surface area (Å²) in [7, 11) is -7.56. The number of hydrogen-bond donors (Lipinski definition) is 2. The largest absolute Gasteiger partial charge is 0.322 e. The third-order valence-electron chi connectivity index (χ3n) is 5.99. The van der Waals surface area contributed by atoms with Crippen molar-refractivity contribution in [2.75, 3.05) is 20.6 Å². The molecule has 2 N–H and O–H groups in total. The summed E-state index contributed by atoms with van der Waals surface area (Å²) in [5.41, 5.74) is 2.50. The molecule has 0 spiro atoms. The van der Waals surface area contributed by atoms with Crippen LogP contribution in [0.25, 0.3) is 0 Å². The quantitative estimate of drug-likeness (QED) is 0.251. The van der Waals surface area contributed by atoms with E-state index < -0.39 is 31.8 Å². The van der Waals surface area contributed by atoms with Crippen molar-refractivity contribution in [1.82, 2.24) is 0 Å². The van der Waals surface area contributed by atoms with Crippen LogP contribution in [0.15, 0.2) is 95.9 Å².